The summed E-state index contributed by atoms with van der Waals surface area (Å²) in [5.41, 5.74) is 1.48. The quantitative estimate of drug-likeness (QED) is 0.769. The first kappa shape index (κ1) is 9.68. The number of benzene rings is 1. The highest BCUT2D eigenvalue weighted by Crippen LogP contribution is 2.43. The molecule has 1 aromatic carbocycles. The van der Waals surface area contributed by atoms with Crippen molar-refractivity contribution in [3.63, 3.8) is 0 Å². The summed E-state index contributed by atoms with van der Waals surface area (Å²) in [7, 11) is 0. The van der Waals surface area contributed by atoms with Gasteiger partial charge in [-0.1, -0.05) is 23.7 Å². The van der Waals surface area contributed by atoms with Gasteiger partial charge in [0.2, 0.25) is 0 Å². The van der Waals surface area contributed by atoms with Crippen molar-refractivity contribution >= 4 is 11.6 Å². The molecule has 2 unspecified atom stereocenters. The zero-order valence-corrected chi connectivity index (χ0v) is 9.50. The summed E-state index contributed by atoms with van der Waals surface area (Å²) in [5.74, 6) is 2.62. The number of halogens is 1. The highest BCUT2D eigenvalue weighted by molar-refractivity contribution is 6.30. The number of fused-ring (bicyclic) bond motifs is 1. The molecule has 2 heteroatoms. The minimum Gasteiger partial charge on any atom is -0.316 e. The van der Waals surface area contributed by atoms with Crippen molar-refractivity contribution < 1.29 is 0 Å². The van der Waals surface area contributed by atoms with E-state index in [2.05, 4.69) is 17.4 Å². The molecule has 1 saturated heterocycles. The normalized spacial score (nSPS) is 34.3. The van der Waals surface area contributed by atoms with Crippen molar-refractivity contribution in [2.45, 2.75) is 18.8 Å². The lowest BCUT2D eigenvalue weighted by atomic mass is 9.96. The molecule has 1 N–H and O–H groups in total. The summed E-state index contributed by atoms with van der Waals surface area (Å²) < 4.78 is 0. The van der Waals surface area contributed by atoms with E-state index in [1.807, 2.05) is 12.1 Å². The summed E-state index contributed by atoms with van der Waals surface area (Å²) in [6.45, 7) is 2.46. The molecule has 1 nitrogen and oxygen atoms in total. The van der Waals surface area contributed by atoms with Crippen LogP contribution in [0.15, 0.2) is 24.3 Å². The molecule has 1 aliphatic heterocycles. The third kappa shape index (κ3) is 1.79. The van der Waals surface area contributed by atoms with E-state index in [1.54, 1.807) is 0 Å². The molecule has 0 aromatic heterocycles. The van der Waals surface area contributed by atoms with Gasteiger partial charge in [-0.25, -0.2) is 0 Å². The van der Waals surface area contributed by atoms with Gasteiger partial charge < -0.3 is 5.32 Å². The molecule has 1 heterocycles. The zero-order chi connectivity index (χ0) is 10.3. The lowest BCUT2D eigenvalue weighted by molar-refractivity contribution is 0.494. The molecule has 0 spiro atoms. The van der Waals surface area contributed by atoms with E-state index in [0.717, 1.165) is 22.8 Å². The average molecular weight is 222 g/mol. The third-order valence-corrected chi connectivity index (χ3v) is 4.25. The summed E-state index contributed by atoms with van der Waals surface area (Å²) >= 11 is 5.90. The minimum absolute atomic E-state index is 0.777. The SMILES string of the molecule is Clc1ccc(C2CC3CNCC3C2)cc1. The Balaban J connectivity index is 1.76. The van der Waals surface area contributed by atoms with E-state index in [9.17, 15) is 0 Å². The fourth-order valence-corrected chi connectivity index (χ4v) is 3.30. The van der Waals surface area contributed by atoms with Gasteiger partial charge in [-0.15, -0.1) is 0 Å². The topological polar surface area (TPSA) is 12.0 Å². The Morgan fingerprint density at radius 1 is 1.00 bits per heavy atom. The first-order valence-electron chi connectivity index (χ1n) is 5.79. The molecule has 1 saturated carbocycles. The summed E-state index contributed by atoms with van der Waals surface area (Å²) in [6, 6.07) is 8.43. The van der Waals surface area contributed by atoms with E-state index in [1.165, 1.54) is 31.5 Å². The fourth-order valence-electron chi connectivity index (χ4n) is 3.17. The summed E-state index contributed by atoms with van der Waals surface area (Å²) in [6.07, 6.45) is 2.72. The van der Waals surface area contributed by atoms with Gasteiger partial charge in [-0.2, -0.15) is 0 Å². The van der Waals surface area contributed by atoms with Crippen LogP contribution in [0.1, 0.15) is 24.3 Å². The van der Waals surface area contributed by atoms with Crippen molar-refractivity contribution in [3.05, 3.63) is 34.9 Å². The van der Waals surface area contributed by atoms with Crippen LogP contribution in [0.5, 0.6) is 0 Å². The van der Waals surface area contributed by atoms with Gasteiger partial charge in [0.1, 0.15) is 0 Å². The lowest BCUT2D eigenvalue weighted by Crippen LogP contribution is -2.11. The monoisotopic (exact) mass is 221 g/mol. The first-order valence-corrected chi connectivity index (χ1v) is 6.17. The molecular formula is C13H16ClN. The Kier molecular flexibility index (Phi) is 2.45. The molecule has 1 aromatic rings. The molecule has 15 heavy (non-hydrogen) atoms. The van der Waals surface area contributed by atoms with Crippen LogP contribution in [0.25, 0.3) is 0 Å². The van der Waals surface area contributed by atoms with Crippen LogP contribution in [0, 0.1) is 11.8 Å². The molecule has 2 fully saturated rings. The number of rotatable bonds is 1. The predicted molar refractivity (Wildman–Crippen MR) is 63.3 cm³/mol. The van der Waals surface area contributed by atoms with Gasteiger partial charge in [0, 0.05) is 5.02 Å². The van der Waals surface area contributed by atoms with Crippen molar-refractivity contribution in [2.75, 3.05) is 13.1 Å². The van der Waals surface area contributed by atoms with Crippen LogP contribution in [-0.4, -0.2) is 13.1 Å². The van der Waals surface area contributed by atoms with Crippen LogP contribution in [0.3, 0.4) is 0 Å². The van der Waals surface area contributed by atoms with Gasteiger partial charge >= 0.3 is 0 Å². The second kappa shape index (κ2) is 3.80. The Hall–Kier alpha value is -0.530. The van der Waals surface area contributed by atoms with Gasteiger partial charge in [0.05, 0.1) is 0 Å². The van der Waals surface area contributed by atoms with Gasteiger partial charge in [-0.3, -0.25) is 0 Å². The number of nitrogens with one attached hydrogen (secondary N) is 1. The number of hydrogen-bond donors (Lipinski definition) is 1. The van der Waals surface area contributed by atoms with Crippen molar-refractivity contribution in [2.24, 2.45) is 11.8 Å². The predicted octanol–water partition coefficient (Wildman–Crippen LogP) is 3.05. The molecule has 0 bridgehead atoms. The largest absolute Gasteiger partial charge is 0.316 e. The average Bonchev–Trinajstić information content (AvgIpc) is 2.78. The smallest absolute Gasteiger partial charge is 0.0406 e. The molecule has 2 aliphatic rings. The molecule has 1 aliphatic carbocycles. The fraction of sp³-hybridized carbons (Fsp3) is 0.538. The Morgan fingerprint density at radius 2 is 1.60 bits per heavy atom. The van der Waals surface area contributed by atoms with Gasteiger partial charge in [0.15, 0.2) is 0 Å². The van der Waals surface area contributed by atoms with Gasteiger partial charge in [-0.05, 0) is 61.4 Å². The second-order valence-electron chi connectivity index (χ2n) is 4.90. The van der Waals surface area contributed by atoms with Gasteiger partial charge in [0.25, 0.3) is 0 Å². The molecular weight excluding hydrogens is 206 g/mol. The maximum atomic E-state index is 5.90. The highest BCUT2D eigenvalue weighted by Gasteiger charge is 2.37. The highest BCUT2D eigenvalue weighted by atomic mass is 35.5. The Labute approximate surface area is 95.8 Å². The Bertz CT molecular complexity index is 334. The molecule has 0 radical (unpaired) electrons. The van der Waals surface area contributed by atoms with Crippen LogP contribution in [0.2, 0.25) is 5.02 Å². The lowest BCUT2D eigenvalue weighted by Gasteiger charge is -2.11. The Morgan fingerprint density at radius 3 is 2.20 bits per heavy atom. The van der Waals surface area contributed by atoms with E-state index >= 15 is 0 Å². The molecule has 80 valence electrons. The van der Waals surface area contributed by atoms with Crippen molar-refractivity contribution in [1.29, 1.82) is 0 Å². The van der Waals surface area contributed by atoms with E-state index in [4.69, 9.17) is 11.6 Å². The molecule has 0 amide bonds. The summed E-state index contributed by atoms with van der Waals surface area (Å²) in [4.78, 5) is 0. The molecule has 3 rings (SSSR count). The van der Waals surface area contributed by atoms with Crippen molar-refractivity contribution in [3.8, 4) is 0 Å². The van der Waals surface area contributed by atoms with Crippen LogP contribution in [-0.2, 0) is 0 Å². The second-order valence-corrected chi connectivity index (χ2v) is 5.33. The van der Waals surface area contributed by atoms with Crippen LogP contribution >= 0.6 is 11.6 Å². The molecule has 2 atom stereocenters. The standard InChI is InChI=1S/C13H16ClN/c14-13-3-1-9(2-4-13)10-5-11-7-15-8-12(11)6-10/h1-4,10-12,15H,5-8H2. The zero-order valence-electron chi connectivity index (χ0n) is 8.75. The minimum atomic E-state index is 0.777. The van der Waals surface area contributed by atoms with Crippen molar-refractivity contribution in [1.82, 2.24) is 5.32 Å². The van der Waals surface area contributed by atoms with E-state index < -0.39 is 0 Å². The maximum absolute atomic E-state index is 5.90. The first-order chi connectivity index (χ1) is 7.33. The van der Waals surface area contributed by atoms with E-state index in [-0.39, 0.29) is 0 Å². The van der Waals surface area contributed by atoms with E-state index in [0.29, 0.717) is 0 Å². The summed E-state index contributed by atoms with van der Waals surface area (Å²) in [5, 5.41) is 4.33. The van der Waals surface area contributed by atoms with Crippen LogP contribution in [0.4, 0.5) is 0 Å². The van der Waals surface area contributed by atoms with Crippen LogP contribution < -0.4 is 5.32 Å². The number of hydrogen-bond acceptors (Lipinski definition) is 1. The third-order valence-electron chi connectivity index (χ3n) is 4.00. The maximum Gasteiger partial charge on any atom is 0.0406 e.